The van der Waals surface area contributed by atoms with Gasteiger partial charge in [-0.25, -0.2) is 4.98 Å². The Hall–Kier alpha value is -1.10. The Morgan fingerprint density at radius 3 is 2.67 bits per heavy atom. The summed E-state index contributed by atoms with van der Waals surface area (Å²) in [6.07, 6.45) is 4.82. The van der Waals surface area contributed by atoms with E-state index in [9.17, 15) is 4.79 Å². The predicted octanol–water partition coefficient (Wildman–Crippen LogP) is 2.68. The minimum atomic E-state index is 0.0699. The minimum Gasteiger partial charge on any atom is -0.375 e. The van der Waals surface area contributed by atoms with Gasteiger partial charge in [0.1, 0.15) is 4.88 Å². The highest BCUT2D eigenvalue weighted by Gasteiger charge is 2.29. The van der Waals surface area contributed by atoms with Crippen molar-refractivity contribution >= 4 is 22.4 Å². The number of thiazole rings is 1. The molecule has 2 unspecified atom stereocenters. The van der Waals surface area contributed by atoms with Crippen LogP contribution in [0.1, 0.15) is 48.0 Å². The van der Waals surface area contributed by atoms with E-state index in [2.05, 4.69) is 11.9 Å². The highest BCUT2D eigenvalue weighted by molar-refractivity contribution is 7.17. The van der Waals surface area contributed by atoms with Crippen LogP contribution >= 0.6 is 11.3 Å². The van der Waals surface area contributed by atoms with Crippen LogP contribution in [0.5, 0.6) is 0 Å². The molecule has 1 fully saturated rings. The normalized spacial score (nSPS) is 23.9. The minimum absolute atomic E-state index is 0.0699. The van der Waals surface area contributed by atoms with E-state index < -0.39 is 0 Å². The average molecular weight is 267 g/mol. The van der Waals surface area contributed by atoms with Crippen molar-refractivity contribution in [3.05, 3.63) is 10.6 Å². The van der Waals surface area contributed by atoms with Crippen molar-refractivity contribution in [2.75, 3.05) is 12.8 Å². The topological polar surface area (TPSA) is 59.2 Å². The number of rotatable bonds is 2. The standard InChI is InChI=1S/C13H21N3OS/c1-8-6-4-5-7-10(8)16(3)12(17)11-9(2)15-13(14)18-11/h8,10H,4-7H2,1-3H3,(H2,14,15). The van der Waals surface area contributed by atoms with Crippen LogP contribution in [-0.4, -0.2) is 28.9 Å². The van der Waals surface area contributed by atoms with Gasteiger partial charge in [-0.3, -0.25) is 4.79 Å². The highest BCUT2D eigenvalue weighted by Crippen LogP contribution is 2.29. The summed E-state index contributed by atoms with van der Waals surface area (Å²) >= 11 is 1.29. The Morgan fingerprint density at radius 2 is 2.11 bits per heavy atom. The molecule has 1 aliphatic carbocycles. The molecule has 1 aromatic heterocycles. The van der Waals surface area contributed by atoms with Crippen molar-refractivity contribution in [1.29, 1.82) is 0 Å². The number of hydrogen-bond acceptors (Lipinski definition) is 4. The zero-order chi connectivity index (χ0) is 13.3. The number of nitrogens with two attached hydrogens (primary N) is 1. The fraction of sp³-hybridized carbons (Fsp3) is 0.692. The molecule has 0 spiro atoms. The molecular weight excluding hydrogens is 246 g/mol. The Labute approximate surface area is 112 Å². The second-order valence-corrected chi connectivity index (χ2v) is 6.24. The maximum absolute atomic E-state index is 12.5. The Kier molecular flexibility index (Phi) is 3.90. The summed E-state index contributed by atoms with van der Waals surface area (Å²) in [5, 5.41) is 0.473. The molecule has 0 radical (unpaired) electrons. The second-order valence-electron chi connectivity index (χ2n) is 5.21. The van der Waals surface area contributed by atoms with E-state index in [1.807, 2.05) is 18.9 Å². The van der Waals surface area contributed by atoms with E-state index >= 15 is 0 Å². The number of hydrogen-bond donors (Lipinski definition) is 1. The van der Waals surface area contributed by atoms with Gasteiger partial charge in [0.2, 0.25) is 0 Å². The lowest BCUT2D eigenvalue weighted by Gasteiger charge is -2.36. The van der Waals surface area contributed by atoms with Gasteiger partial charge in [-0.1, -0.05) is 31.1 Å². The quantitative estimate of drug-likeness (QED) is 0.896. The third-order valence-corrected chi connectivity index (χ3v) is 4.87. The number of amides is 1. The van der Waals surface area contributed by atoms with Crippen LogP contribution in [0, 0.1) is 12.8 Å². The smallest absolute Gasteiger partial charge is 0.265 e. The Bertz CT molecular complexity index is 443. The molecule has 0 bridgehead atoms. The van der Waals surface area contributed by atoms with Crippen LogP contribution < -0.4 is 5.73 Å². The van der Waals surface area contributed by atoms with E-state index in [0.717, 1.165) is 12.1 Å². The van der Waals surface area contributed by atoms with Crippen molar-refractivity contribution in [2.24, 2.45) is 5.92 Å². The van der Waals surface area contributed by atoms with Crippen LogP contribution in [0.25, 0.3) is 0 Å². The lowest BCUT2D eigenvalue weighted by Crippen LogP contribution is -2.42. The zero-order valence-electron chi connectivity index (χ0n) is 11.3. The summed E-state index contributed by atoms with van der Waals surface area (Å²) in [6.45, 7) is 4.08. The van der Waals surface area contributed by atoms with E-state index in [1.54, 1.807) is 0 Å². The number of nitrogen functional groups attached to an aromatic ring is 1. The lowest BCUT2D eigenvalue weighted by atomic mass is 9.85. The average Bonchev–Trinajstić information content (AvgIpc) is 2.67. The molecule has 4 nitrogen and oxygen atoms in total. The lowest BCUT2D eigenvalue weighted by molar-refractivity contribution is 0.0633. The summed E-state index contributed by atoms with van der Waals surface area (Å²) in [6, 6.07) is 0.356. The molecule has 1 amide bonds. The third-order valence-electron chi connectivity index (χ3n) is 3.89. The van der Waals surface area contributed by atoms with Gasteiger partial charge in [-0.05, 0) is 25.7 Å². The molecule has 5 heteroatoms. The van der Waals surface area contributed by atoms with Crippen LogP contribution in [-0.2, 0) is 0 Å². The largest absolute Gasteiger partial charge is 0.375 e. The summed E-state index contributed by atoms with van der Waals surface area (Å²) in [4.78, 5) is 19.2. The molecular formula is C13H21N3OS. The zero-order valence-corrected chi connectivity index (χ0v) is 12.1. The molecule has 2 N–H and O–H groups in total. The van der Waals surface area contributed by atoms with Gasteiger partial charge in [-0.15, -0.1) is 0 Å². The fourth-order valence-electron chi connectivity index (χ4n) is 2.80. The first-order valence-corrected chi connectivity index (χ1v) is 7.32. The summed E-state index contributed by atoms with van der Waals surface area (Å²) in [5.74, 6) is 0.652. The van der Waals surface area contributed by atoms with Gasteiger partial charge in [0.25, 0.3) is 5.91 Å². The van der Waals surface area contributed by atoms with Gasteiger partial charge in [0.15, 0.2) is 5.13 Å². The van der Waals surface area contributed by atoms with Crippen molar-refractivity contribution in [3.8, 4) is 0 Å². The molecule has 1 aromatic rings. The summed E-state index contributed by atoms with van der Waals surface area (Å²) < 4.78 is 0. The number of anilines is 1. The predicted molar refractivity (Wildman–Crippen MR) is 74.8 cm³/mol. The number of carbonyl (C=O) groups is 1. The third kappa shape index (κ3) is 2.51. The van der Waals surface area contributed by atoms with Crippen LogP contribution in [0.15, 0.2) is 0 Å². The van der Waals surface area contributed by atoms with Gasteiger partial charge in [-0.2, -0.15) is 0 Å². The van der Waals surface area contributed by atoms with Gasteiger partial charge < -0.3 is 10.6 Å². The molecule has 2 atom stereocenters. The molecule has 18 heavy (non-hydrogen) atoms. The number of carbonyl (C=O) groups excluding carboxylic acids is 1. The van der Waals surface area contributed by atoms with Crippen molar-refractivity contribution in [2.45, 2.75) is 45.6 Å². The maximum Gasteiger partial charge on any atom is 0.265 e. The molecule has 0 aliphatic heterocycles. The molecule has 1 saturated carbocycles. The SMILES string of the molecule is Cc1nc(N)sc1C(=O)N(C)C1CCCCC1C. The molecule has 100 valence electrons. The van der Waals surface area contributed by atoms with E-state index in [4.69, 9.17) is 5.73 Å². The first kappa shape index (κ1) is 13.3. The molecule has 0 aromatic carbocycles. The number of aryl methyl sites for hydroxylation is 1. The summed E-state index contributed by atoms with van der Waals surface area (Å²) in [7, 11) is 1.91. The molecule has 1 heterocycles. The Morgan fingerprint density at radius 1 is 1.44 bits per heavy atom. The first-order valence-electron chi connectivity index (χ1n) is 6.50. The Balaban J connectivity index is 2.15. The summed E-state index contributed by atoms with van der Waals surface area (Å²) in [5.41, 5.74) is 6.41. The van der Waals surface area contributed by atoms with Gasteiger partial charge >= 0.3 is 0 Å². The van der Waals surface area contributed by atoms with Crippen LogP contribution in [0.3, 0.4) is 0 Å². The van der Waals surface area contributed by atoms with Gasteiger partial charge in [0, 0.05) is 13.1 Å². The van der Waals surface area contributed by atoms with E-state index in [0.29, 0.717) is 22.0 Å². The van der Waals surface area contributed by atoms with E-state index in [1.165, 1.54) is 30.6 Å². The first-order chi connectivity index (χ1) is 8.50. The van der Waals surface area contributed by atoms with Gasteiger partial charge in [0.05, 0.1) is 5.69 Å². The molecule has 0 saturated heterocycles. The fourth-order valence-corrected chi connectivity index (χ4v) is 3.61. The number of nitrogens with zero attached hydrogens (tertiary/aromatic N) is 2. The van der Waals surface area contributed by atoms with Crippen LogP contribution in [0.2, 0.25) is 0 Å². The van der Waals surface area contributed by atoms with E-state index in [-0.39, 0.29) is 5.91 Å². The highest BCUT2D eigenvalue weighted by atomic mass is 32.1. The van der Waals surface area contributed by atoms with Crippen LogP contribution in [0.4, 0.5) is 5.13 Å². The second kappa shape index (κ2) is 5.26. The monoisotopic (exact) mass is 267 g/mol. The molecule has 2 rings (SSSR count). The van der Waals surface area contributed by atoms with Crippen molar-refractivity contribution in [3.63, 3.8) is 0 Å². The van der Waals surface area contributed by atoms with Crippen molar-refractivity contribution < 1.29 is 4.79 Å². The van der Waals surface area contributed by atoms with Crippen molar-refractivity contribution in [1.82, 2.24) is 9.88 Å². The maximum atomic E-state index is 12.5. The number of aromatic nitrogens is 1. The molecule has 1 aliphatic rings.